The Morgan fingerprint density at radius 1 is 1.19 bits per heavy atom. The van der Waals surface area contributed by atoms with Crippen LogP contribution in [0.4, 0.5) is 15.8 Å². The molecular formula is C17H21FN4O4S. The van der Waals surface area contributed by atoms with Crippen LogP contribution >= 0.6 is 0 Å². The van der Waals surface area contributed by atoms with E-state index in [2.05, 4.69) is 10.0 Å². The molecule has 0 aliphatic heterocycles. The summed E-state index contributed by atoms with van der Waals surface area (Å²) in [5.74, 6) is -0.433. The van der Waals surface area contributed by atoms with Gasteiger partial charge in [0.25, 0.3) is 5.69 Å². The van der Waals surface area contributed by atoms with Crippen molar-refractivity contribution in [1.29, 1.82) is 0 Å². The summed E-state index contributed by atoms with van der Waals surface area (Å²) < 4.78 is 40.7. The molecule has 2 aromatic rings. The number of nitro groups is 1. The Morgan fingerprint density at radius 3 is 2.52 bits per heavy atom. The van der Waals surface area contributed by atoms with E-state index in [4.69, 9.17) is 0 Å². The molecule has 0 aliphatic rings. The summed E-state index contributed by atoms with van der Waals surface area (Å²) in [6, 6.07) is 9.62. The summed E-state index contributed by atoms with van der Waals surface area (Å²) in [5, 5.41) is 14.1. The van der Waals surface area contributed by atoms with Crippen molar-refractivity contribution in [3.8, 4) is 0 Å². The topological polar surface area (TPSA) is 105 Å². The number of rotatable bonds is 9. The molecule has 0 atom stereocenters. The highest BCUT2D eigenvalue weighted by atomic mass is 32.2. The fourth-order valence-electron chi connectivity index (χ4n) is 2.30. The molecule has 0 saturated carbocycles. The molecule has 0 aliphatic carbocycles. The van der Waals surface area contributed by atoms with Gasteiger partial charge in [-0.25, -0.2) is 17.5 Å². The molecular weight excluding hydrogens is 375 g/mol. The van der Waals surface area contributed by atoms with Crippen molar-refractivity contribution in [3.63, 3.8) is 0 Å². The standard InChI is InChI=1S/C17H21FN4O4S/c1-21(2)10-9-20-27(25,26)14-7-8-16(17(11-14)22(23)24)19-12-13-5-3-4-6-15(13)18/h3-8,11,19-20H,9-10,12H2,1-2H3. The second-order valence-electron chi connectivity index (χ2n) is 6.08. The molecule has 146 valence electrons. The van der Waals surface area contributed by atoms with Crippen LogP contribution in [0.5, 0.6) is 0 Å². The number of likely N-dealkylation sites (N-methyl/N-ethyl adjacent to an activating group) is 1. The number of benzene rings is 2. The Bertz CT molecular complexity index is 919. The lowest BCUT2D eigenvalue weighted by Gasteiger charge is -2.12. The zero-order chi connectivity index (χ0) is 20.0. The van der Waals surface area contributed by atoms with Crippen molar-refractivity contribution in [2.45, 2.75) is 11.4 Å². The average molecular weight is 396 g/mol. The van der Waals surface area contributed by atoms with Crippen LogP contribution in [0.2, 0.25) is 0 Å². The molecule has 0 spiro atoms. The lowest BCUT2D eigenvalue weighted by molar-refractivity contribution is -0.384. The Kier molecular flexibility index (Phi) is 6.83. The monoisotopic (exact) mass is 396 g/mol. The maximum Gasteiger partial charge on any atom is 0.293 e. The van der Waals surface area contributed by atoms with Crippen molar-refractivity contribution >= 4 is 21.4 Å². The van der Waals surface area contributed by atoms with E-state index >= 15 is 0 Å². The summed E-state index contributed by atoms with van der Waals surface area (Å²) in [4.78, 5) is 12.3. The van der Waals surface area contributed by atoms with Crippen LogP contribution in [0.25, 0.3) is 0 Å². The number of hydrogen-bond acceptors (Lipinski definition) is 6. The fraction of sp³-hybridized carbons (Fsp3) is 0.294. The lowest BCUT2D eigenvalue weighted by atomic mass is 10.2. The molecule has 0 unspecified atom stereocenters. The van der Waals surface area contributed by atoms with Crippen molar-refractivity contribution in [2.24, 2.45) is 0 Å². The van der Waals surface area contributed by atoms with Gasteiger partial charge in [-0.05, 0) is 32.3 Å². The molecule has 0 saturated heterocycles. The first-order valence-electron chi connectivity index (χ1n) is 8.11. The van der Waals surface area contributed by atoms with Gasteiger partial charge in [-0.1, -0.05) is 18.2 Å². The van der Waals surface area contributed by atoms with Gasteiger partial charge in [0.1, 0.15) is 11.5 Å². The molecule has 10 heteroatoms. The van der Waals surface area contributed by atoms with Crippen molar-refractivity contribution in [1.82, 2.24) is 9.62 Å². The second kappa shape index (κ2) is 8.89. The Balaban J connectivity index is 2.21. The van der Waals surface area contributed by atoms with Gasteiger partial charge in [0.15, 0.2) is 0 Å². The minimum absolute atomic E-state index is 0.0285. The molecule has 0 bridgehead atoms. The summed E-state index contributed by atoms with van der Waals surface area (Å²) in [7, 11) is -0.270. The van der Waals surface area contributed by atoms with E-state index in [0.29, 0.717) is 12.1 Å². The van der Waals surface area contributed by atoms with Crippen molar-refractivity contribution in [2.75, 3.05) is 32.5 Å². The zero-order valence-electron chi connectivity index (χ0n) is 15.0. The summed E-state index contributed by atoms with van der Waals surface area (Å²) in [6.45, 7) is 0.695. The molecule has 8 nitrogen and oxygen atoms in total. The third kappa shape index (κ3) is 5.71. The number of sulfonamides is 1. The minimum Gasteiger partial charge on any atom is -0.375 e. The van der Waals surface area contributed by atoms with Gasteiger partial charge in [0.05, 0.1) is 9.82 Å². The molecule has 0 radical (unpaired) electrons. The maximum atomic E-state index is 13.7. The highest BCUT2D eigenvalue weighted by Crippen LogP contribution is 2.28. The van der Waals surface area contributed by atoms with Crippen LogP contribution < -0.4 is 10.0 Å². The minimum atomic E-state index is -3.87. The van der Waals surface area contributed by atoms with E-state index in [-0.39, 0.29) is 23.7 Å². The van der Waals surface area contributed by atoms with Crippen LogP contribution in [0.3, 0.4) is 0 Å². The van der Waals surface area contributed by atoms with E-state index in [9.17, 15) is 22.9 Å². The van der Waals surface area contributed by atoms with E-state index in [1.807, 2.05) is 0 Å². The summed E-state index contributed by atoms with van der Waals surface area (Å²) in [5.41, 5.74) is 0.0474. The van der Waals surface area contributed by atoms with Crippen LogP contribution in [-0.4, -0.2) is 45.4 Å². The average Bonchev–Trinajstić information content (AvgIpc) is 2.60. The molecule has 2 rings (SSSR count). The number of hydrogen-bond donors (Lipinski definition) is 2. The first kappa shape index (κ1) is 20.7. The molecule has 27 heavy (non-hydrogen) atoms. The smallest absolute Gasteiger partial charge is 0.293 e. The molecule has 0 fully saturated rings. The Labute approximate surface area is 157 Å². The Morgan fingerprint density at radius 2 is 1.89 bits per heavy atom. The number of nitro benzene ring substituents is 1. The normalized spacial score (nSPS) is 11.6. The molecule has 2 N–H and O–H groups in total. The highest BCUT2D eigenvalue weighted by Gasteiger charge is 2.21. The Hall–Kier alpha value is -2.56. The second-order valence-corrected chi connectivity index (χ2v) is 7.85. The largest absolute Gasteiger partial charge is 0.375 e. The predicted octanol–water partition coefficient (Wildman–Crippen LogP) is 2.19. The number of nitrogens with one attached hydrogen (secondary N) is 2. The van der Waals surface area contributed by atoms with Gasteiger partial charge in [-0.2, -0.15) is 0 Å². The fourth-order valence-corrected chi connectivity index (χ4v) is 3.34. The van der Waals surface area contributed by atoms with Gasteiger partial charge in [-0.15, -0.1) is 0 Å². The van der Waals surface area contributed by atoms with E-state index < -0.39 is 26.5 Å². The first-order chi connectivity index (χ1) is 12.7. The predicted molar refractivity (Wildman–Crippen MR) is 101 cm³/mol. The van der Waals surface area contributed by atoms with Gasteiger partial charge < -0.3 is 10.2 Å². The summed E-state index contributed by atoms with van der Waals surface area (Å²) >= 11 is 0. The number of nitrogens with zero attached hydrogens (tertiary/aromatic N) is 2. The molecule has 0 aromatic heterocycles. The van der Waals surface area contributed by atoms with Crippen molar-refractivity contribution < 1.29 is 17.7 Å². The van der Waals surface area contributed by atoms with Crippen LogP contribution in [0.1, 0.15) is 5.56 Å². The SMILES string of the molecule is CN(C)CCNS(=O)(=O)c1ccc(NCc2ccccc2F)c([N+](=O)[O-])c1. The quantitative estimate of drug-likeness (QED) is 0.497. The summed E-state index contributed by atoms with van der Waals surface area (Å²) in [6.07, 6.45) is 0. The molecule has 2 aromatic carbocycles. The lowest BCUT2D eigenvalue weighted by Crippen LogP contribution is -2.31. The van der Waals surface area contributed by atoms with E-state index in [0.717, 1.165) is 6.07 Å². The van der Waals surface area contributed by atoms with Gasteiger partial charge >= 0.3 is 0 Å². The molecule has 0 amide bonds. The van der Waals surface area contributed by atoms with E-state index in [1.165, 1.54) is 18.2 Å². The van der Waals surface area contributed by atoms with Gasteiger partial charge in [-0.3, -0.25) is 10.1 Å². The number of anilines is 1. The van der Waals surface area contributed by atoms with E-state index in [1.54, 1.807) is 37.2 Å². The van der Waals surface area contributed by atoms with Crippen LogP contribution in [0, 0.1) is 15.9 Å². The van der Waals surface area contributed by atoms with Crippen LogP contribution in [0.15, 0.2) is 47.4 Å². The van der Waals surface area contributed by atoms with Gasteiger partial charge in [0, 0.05) is 31.3 Å². The number of halogens is 1. The van der Waals surface area contributed by atoms with Gasteiger partial charge in [0.2, 0.25) is 10.0 Å². The maximum absolute atomic E-state index is 13.7. The third-order valence-electron chi connectivity index (χ3n) is 3.75. The van der Waals surface area contributed by atoms with Crippen LogP contribution in [-0.2, 0) is 16.6 Å². The highest BCUT2D eigenvalue weighted by molar-refractivity contribution is 7.89. The third-order valence-corrected chi connectivity index (χ3v) is 5.21. The first-order valence-corrected chi connectivity index (χ1v) is 9.59. The zero-order valence-corrected chi connectivity index (χ0v) is 15.8. The molecule has 0 heterocycles. The van der Waals surface area contributed by atoms with Crippen molar-refractivity contribution in [3.05, 3.63) is 64.0 Å².